The van der Waals surface area contributed by atoms with Gasteiger partial charge in [-0.1, -0.05) is 25.7 Å². The number of nitrogen functional groups attached to an aromatic ring is 1. The maximum absolute atomic E-state index is 8.90. The molecule has 16 heavy (non-hydrogen) atoms. The summed E-state index contributed by atoms with van der Waals surface area (Å²) in [6, 6.07) is 2.08. The zero-order valence-electron chi connectivity index (χ0n) is 9.20. The Morgan fingerprint density at radius 2 is 2.25 bits per heavy atom. The molecule has 1 heterocycles. The van der Waals surface area contributed by atoms with Gasteiger partial charge in [-0.3, -0.25) is 0 Å². The molecule has 0 aliphatic heterocycles. The van der Waals surface area contributed by atoms with Crippen molar-refractivity contribution in [3.63, 3.8) is 0 Å². The largest absolute Gasteiger partial charge is 0.382 e. The lowest BCUT2D eigenvalue weighted by molar-refractivity contribution is 0.519. The van der Waals surface area contributed by atoms with E-state index >= 15 is 0 Å². The molecule has 1 fully saturated rings. The van der Waals surface area contributed by atoms with E-state index in [4.69, 9.17) is 11.0 Å². The minimum absolute atomic E-state index is 0.343. The molecular weight excluding hydrogens is 220 g/mol. The van der Waals surface area contributed by atoms with Crippen molar-refractivity contribution in [2.24, 2.45) is 5.92 Å². The van der Waals surface area contributed by atoms with E-state index in [9.17, 15) is 0 Å². The van der Waals surface area contributed by atoms with Crippen LogP contribution in [0.5, 0.6) is 0 Å². The van der Waals surface area contributed by atoms with E-state index < -0.39 is 0 Å². The second-order valence-corrected chi connectivity index (χ2v) is 5.02. The zero-order chi connectivity index (χ0) is 11.4. The molecule has 1 aromatic heterocycles. The molecule has 1 aliphatic rings. The lowest BCUT2D eigenvalue weighted by Gasteiger charge is -2.09. The average molecular weight is 236 g/mol. The van der Waals surface area contributed by atoms with Crippen LogP contribution >= 0.6 is 11.5 Å². The highest BCUT2D eigenvalue weighted by molar-refractivity contribution is 7.10. The van der Waals surface area contributed by atoms with Crippen LogP contribution in [0.1, 0.15) is 37.7 Å². The molecule has 86 valence electrons. The molecule has 0 aromatic carbocycles. The van der Waals surface area contributed by atoms with E-state index in [1.165, 1.54) is 43.6 Å². The van der Waals surface area contributed by atoms with E-state index in [1.54, 1.807) is 0 Å². The highest BCUT2D eigenvalue weighted by atomic mass is 32.1. The summed E-state index contributed by atoms with van der Waals surface area (Å²) in [5, 5.41) is 13.0. The van der Waals surface area contributed by atoms with Crippen LogP contribution in [0.2, 0.25) is 0 Å². The van der Waals surface area contributed by atoms with Crippen molar-refractivity contribution in [1.29, 1.82) is 5.26 Å². The Bertz CT molecular complexity index is 387. The Morgan fingerprint density at radius 3 is 2.94 bits per heavy atom. The quantitative estimate of drug-likeness (QED) is 0.842. The van der Waals surface area contributed by atoms with Crippen LogP contribution in [0.25, 0.3) is 0 Å². The van der Waals surface area contributed by atoms with Gasteiger partial charge < -0.3 is 11.1 Å². The fraction of sp³-hybridized carbons (Fsp3) is 0.636. The van der Waals surface area contributed by atoms with Crippen LogP contribution in [0.15, 0.2) is 0 Å². The zero-order valence-corrected chi connectivity index (χ0v) is 10.0. The number of anilines is 2. The first-order valence-corrected chi connectivity index (χ1v) is 6.47. The van der Waals surface area contributed by atoms with E-state index in [0.717, 1.165) is 17.5 Å². The number of nitrogens with two attached hydrogens (primary N) is 1. The summed E-state index contributed by atoms with van der Waals surface area (Å²) in [7, 11) is 0. The standard InChI is InChI=1S/C11H16N4S/c12-7-9-10(13)15-16-11(9)14-6-5-8-3-1-2-4-8/h8,14H,1-6H2,(H2,13,15). The molecule has 3 N–H and O–H groups in total. The maximum atomic E-state index is 8.90. The first-order chi connectivity index (χ1) is 7.81. The van der Waals surface area contributed by atoms with Crippen molar-refractivity contribution in [3.8, 4) is 6.07 Å². The minimum atomic E-state index is 0.343. The van der Waals surface area contributed by atoms with Crippen molar-refractivity contribution < 1.29 is 0 Å². The molecular formula is C11H16N4S. The van der Waals surface area contributed by atoms with Crippen molar-refractivity contribution >= 4 is 22.4 Å². The number of nitrogens with one attached hydrogen (secondary N) is 1. The third-order valence-electron chi connectivity index (χ3n) is 3.14. The molecule has 0 spiro atoms. The van der Waals surface area contributed by atoms with Crippen LogP contribution in [0.4, 0.5) is 10.8 Å². The number of aromatic nitrogens is 1. The van der Waals surface area contributed by atoms with Gasteiger partial charge in [-0.25, -0.2) is 0 Å². The van der Waals surface area contributed by atoms with Crippen molar-refractivity contribution in [3.05, 3.63) is 5.56 Å². The molecule has 2 rings (SSSR count). The molecule has 0 radical (unpaired) electrons. The summed E-state index contributed by atoms with van der Waals surface area (Å²) >= 11 is 1.27. The summed E-state index contributed by atoms with van der Waals surface area (Å²) in [6.07, 6.45) is 6.65. The Hall–Kier alpha value is -1.28. The Kier molecular flexibility index (Phi) is 3.62. The maximum Gasteiger partial charge on any atom is 0.157 e. The third kappa shape index (κ3) is 2.45. The van der Waals surface area contributed by atoms with Gasteiger partial charge in [0.2, 0.25) is 0 Å². The number of hydrogen-bond donors (Lipinski definition) is 2. The number of nitriles is 1. The smallest absolute Gasteiger partial charge is 0.157 e. The molecule has 5 heteroatoms. The van der Waals surface area contributed by atoms with Gasteiger partial charge in [0.25, 0.3) is 0 Å². The van der Waals surface area contributed by atoms with Crippen LogP contribution in [0.3, 0.4) is 0 Å². The highest BCUT2D eigenvalue weighted by Gasteiger charge is 2.15. The molecule has 1 saturated carbocycles. The molecule has 4 nitrogen and oxygen atoms in total. The predicted molar refractivity (Wildman–Crippen MR) is 66.3 cm³/mol. The minimum Gasteiger partial charge on any atom is -0.382 e. The topological polar surface area (TPSA) is 74.7 Å². The van der Waals surface area contributed by atoms with E-state index in [0.29, 0.717) is 11.4 Å². The Balaban J connectivity index is 1.82. The fourth-order valence-corrected chi connectivity index (χ4v) is 2.91. The number of rotatable bonds is 4. The molecule has 0 saturated heterocycles. The Labute approximate surface area is 99.6 Å². The molecule has 1 aromatic rings. The summed E-state index contributed by atoms with van der Waals surface area (Å²) < 4.78 is 3.97. The van der Waals surface area contributed by atoms with Crippen molar-refractivity contribution in [2.45, 2.75) is 32.1 Å². The van der Waals surface area contributed by atoms with E-state index in [1.807, 2.05) is 0 Å². The van der Waals surface area contributed by atoms with Crippen LogP contribution < -0.4 is 11.1 Å². The van der Waals surface area contributed by atoms with Gasteiger partial charge in [0.15, 0.2) is 5.82 Å². The van der Waals surface area contributed by atoms with E-state index in [-0.39, 0.29) is 0 Å². The summed E-state index contributed by atoms with van der Waals surface area (Å²) in [5.74, 6) is 1.21. The highest BCUT2D eigenvalue weighted by Crippen LogP contribution is 2.29. The SMILES string of the molecule is N#Cc1c(N)nsc1NCCC1CCCC1. The lowest BCUT2D eigenvalue weighted by Crippen LogP contribution is -2.06. The van der Waals surface area contributed by atoms with Gasteiger partial charge in [0.1, 0.15) is 16.6 Å². The average Bonchev–Trinajstić information content (AvgIpc) is 2.89. The van der Waals surface area contributed by atoms with E-state index in [2.05, 4.69) is 15.8 Å². The van der Waals surface area contributed by atoms with Gasteiger partial charge >= 0.3 is 0 Å². The predicted octanol–water partition coefficient (Wildman–Crippen LogP) is 2.59. The lowest BCUT2D eigenvalue weighted by atomic mass is 10.0. The summed E-state index contributed by atoms with van der Waals surface area (Å²) in [4.78, 5) is 0. The van der Waals surface area contributed by atoms with Crippen LogP contribution in [0, 0.1) is 17.2 Å². The molecule has 1 aliphatic carbocycles. The van der Waals surface area contributed by atoms with Gasteiger partial charge in [-0.05, 0) is 23.9 Å². The van der Waals surface area contributed by atoms with Gasteiger partial charge in [-0.2, -0.15) is 9.64 Å². The van der Waals surface area contributed by atoms with Gasteiger partial charge in [-0.15, -0.1) is 0 Å². The second kappa shape index (κ2) is 5.17. The van der Waals surface area contributed by atoms with Gasteiger partial charge in [0, 0.05) is 6.54 Å². The van der Waals surface area contributed by atoms with Crippen LogP contribution in [-0.4, -0.2) is 10.9 Å². The first kappa shape index (κ1) is 11.2. The molecule has 0 unspecified atom stereocenters. The molecule has 0 amide bonds. The van der Waals surface area contributed by atoms with Crippen molar-refractivity contribution in [1.82, 2.24) is 4.37 Å². The number of hydrogen-bond acceptors (Lipinski definition) is 5. The van der Waals surface area contributed by atoms with Crippen LogP contribution in [-0.2, 0) is 0 Å². The van der Waals surface area contributed by atoms with Gasteiger partial charge in [0.05, 0.1) is 0 Å². The second-order valence-electron chi connectivity index (χ2n) is 4.25. The van der Waals surface area contributed by atoms with Crippen molar-refractivity contribution in [2.75, 3.05) is 17.6 Å². The first-order valence-electron chi connectivity index (χ1n) is 5.70. The third-order valence-corrected chi connectivity index (χ3v) is 3.96. The number of nitrogens with zero attached hydrogens (tertiary/aromatic N) is 2. The summed E-state index contributed by atoms with van der Waals surface area (Å²) in [6.45, 7) is 0.918. The monoisotopic (exact) mass is 236 g/mol. The fourth-order valence-electron chi connectivity index (χ4n) is 2.22. The molecule has 0 bridgehead atoms. The normalized spacial score (nSPS) is 16.2. The summed E-state index contributed by atoms with van der Waals surface area (Å²) in [5.41, 5.74) is 6.08. The molecule has 0 atom stereocenters. The Morgan fingerprint density at radius 1 is 1.50 bits per heavy atom.